The zero-order valence-electron chi connectivity index (χ0n) is 25.8. The van der Waals surface area contributed by atoms with Gasteiger partial charge in [0.15, 0.2) is 14.0 Å². The standard InChI is InChI=1S/C31H42N8O2Si/c1-30(2,3)42(6,7)41-19-31(4)18-35-27-21(17-32)14-20(15-23(27)31)24-12-13-34-29(36-24)37-26-16-25(28(40)33-5)38-39(26)22-10-8-9-11-22/h12-16,22,35H,8-11,18-19H2,1-7H3,(H,33,40)(H,34,36,37)/t31-/m1/s1. The first kappa shape index (κ1) is 29.7. The second-order valence-electron chi connectivity index (χ2n) is 13.3. The maximum Gasteiger partial charge on any atom is 0.271 e. The number of benzene rings is 1. The fraction of sp³-hybridized carbons (Fsp3) is 0.516. The molecule has 1 fully saturated rings. The highest BCUT2D eigenvalue weighted by atomic mass is 28.4. The summed E-state index contributed by atoms with van der Waals surface area (Å²) in [6.45, 7) is 14.7. The third kappa shape index (κ3) is 5.65. The Morgan fingerprint density at radius 2 is 2.00 bits per heavy atom. The van der Waals surface area contributed by atoms with Crippen LogP contribution in [0.1, 0.15) is 81.0 Å². The van der Waals surface area contributed by atoms with E-state index >= 15 is 0 Å². The van der Waals surface area contributed by atoms with Crippen LogP contribution in [-0.4, -0.2) is 54.2 Å². The van der Waals surface area contributed by atoms with Gasteiger partial charge in [-0.2, -0.15) is 10.4 Å². The average Bonchev–Trinajstić information content (AvgIpc) is 3.71. The molecular formula is C31H42N8O2Si. The number of carbonyl (C=O) groups is 1. The normalized spacial score (nSPS) is 18.8. The Hall–Kier alpha value is -3.75. The Morgan fingerprint density at radius 3 is 2.67 bits per heavy atom. The summed E-state index contributed by atoms with van der Waals surface area (Å²) >= 11 is 0. The highest BCUT2D eigenvalue weighted by Crippen LogP contribution is 2.44. The van der Waals surface area contributed by atoms with E-state index in [4.69, 9.17) is 9.41 Å². The van der Waals surface area contributed by atoms with Gasteiger partial charge in [0.05, 0.1) is 23.0 Å². The zero-order chi connectivity index (χ0) is 30.3. The van der Waals surface area contributed by atoms with Crippen LogP contribution in [0.4, 0.5) is 17.5 Å². The molecule has 0 saturated heterocycles. The molecule has 3 aromatic rings. The third-order valence-electron chi connectivity index (χ3n) is 9.18. The first-order valence-corrected chi connectivity index (χ1v) is 17.6. The fourth-order valence-corrected chi connectivity index (χ4v) is 6.57. The summed E-state index contributed by atoms with van der Waals surface area (Å²) in [4.78, 5) is 21.7. The van der Waals surface area contributed by atoms with Gasteiger partial charge in [-0.25, -0.2) is 14.6 Å². The van der Waals surface area contributed by atoms with Crippen LogP contribution >= 0.6 is 0 Å². The van der Waals surface area contributed by atoms with Gasteiger partial charge in [-0.1, -0.05) is 40.5 Å². The van der Waals surface area contributed by atoms with E-state index in [-0.39, 0.29) is 22.4 Å². The molecule has 0 radical (unpaired) electrons. The Morgan fingerprint density at radius 1 is 1.26 bits per heavy atom. The topological polar surface area (TPSA) is 130 Å². The minimum Gasteiger partial charge on any atom is -0.416 e. The van der Waals surface area contributed by atoms with Gasteiger partial charge < -0.3 is 20.4 Å². The minimum absolute atomic E-state index is 0.108. The van der Waals surface area contributed by atoms with E-state index in [0.29, 0.717) is 41.9 Å². The predicted octanol–water partition coefficient (Wildman–Crippen LogP) is 6.14. The van der Waals surface area contributed by atoms with Crippen molar-refractivity contribution in [1.82, 2.24) is 25.1 Å². The van der Waals surface area contributed by atoms with Crippen LogP contribution in [0.15, 0.2) is 30.5 Å². The molecule has 3 heterocycles. The van der Waals surface area contributed by atoms with E-state index in [1.165, 1.54) is 0 Å². The maximum absolute atomic E-state index is 12.4. The van der Waals surface area contributed by atoms with Crippen molar-refractivity contribution in [3.8, 4) is 17.3 Å². The van der Waals surface area contributed by atoms with Crippen LogP contribution in [0.25, 0.3) is 11.3 Å². The van der Waals surface area contributed by atoms with Gasteiger partial charge in [-0.05, 0) is 54.7 Å². The fourth-order valence-electron chi connectivity index (χ4n) is 5.46. The van der Waals surface area contributed by atoms with Crippen molar-refractivity contribution in [3.05, 3.63) is 47.3 Å². The van der Waals surface area contributed by atoms with Crippen LogP contribution < -0.4 is 16.0 Å². The molecule has 0 bridgehead atoms. The molecule has 2 aromatic heterocycles. The summed E-state index contributed by atoms with van der Waals surface area (Å²) < 4.78 is 8.57. The van der Waals surface area contributed by atoms with Gasteiger partial charge in [0, 0.05) is 43.4 Å². The van der Waals surface area contributed by atoms with E-state index in [9.17, 15) is 10.1 Å². The Labute approximate surface area is 249 Å². The number of nitriles is 1. The van der Waals surface area contributed by atoms with Crippen LogP contribution in [0.2, 0.25) is 18.1 Å². The number of aromatic nitrogens is 4. The lowest BCUT2D eigenvalue weighted by Crippen LogP contribution is -2.45. The van der Waals surface area contributed by atoms with Crippen molar-refractivity contribution in [2.24, 2.45) is 0 Å². The van der Waals surface area contributed by atoms with E-state index < -0.39 is 8.32 Å². The molecule has 0 spiro atoms. The van der Waals surface area contributed by atoms with Gasteiger partial charge in [-0.15, -0.1) is 0 Å². The molecule has 0 unspecified atom stereocenters. The molecule has 5 rings (SSSR count). The lowest BCUT2D eigenvalue weighted by atomic mass is 9.83. The SMILES string of the molecule is CNC(=O)c1cc(Nc2nccc(-c3cc(C#N)c4c(c3)[C@@](C)(CO[Si](C)(C)C(C)(C)C)CN4)n2)n(C2CCCC2)n1. The third-order valence-corrected chi connectivity index (χ3v) is 13.7. The molecule has 10 nitrogen and oxygen atoms in total. The van der Waals surface area contributed by atoms with Crippen LogP contribution in [0.5, 0.6) is 0 Å². The van der Waals surface area contributed by atoms with Crippen molar-refractivity contribution < 1.29 is 9.22 Å². The van der Waals surface area contributed by atoms with Gasteiger partial charge >= 0.3 is 0 Å². The van der Waals surface area contributed by atoms with Crippen molar-refractivity contribution in [3.63, 3.8) is 0 Å². The van der Waals surface area contributed by atoms with Crippen molar-refractivity contribution in [2.75, 3.05) is 30.8 Å². The van der Waals surface area contributed by atoms with Crippen LogP contribution in [0.3, 0.4) is 0 Å². The second-order valence-corrected chi connectivity index (χ2v) is 18.1. The van der Waals surface area contributed by atoms with E-state index in [1.807, 2.05) is 16.8 Å². The van der Waals surface area contributed by atoms with Gasteiger partial charge in [0.1, 0.15) is 11.9 Å². The van der Waals surface area contributed by atoms with Gasteiger partial charge in [0.2, 0.25) is 5.95 Å². The van der Waals surface area contributed by atoms with Crippen molar-refractivity contribution in [2.45, 2.75) is 83.0 Å². The number of rotatable bonds is 8. The molecule has 1 amide bonds. The Kier molecular flexibility index (Phi) is 7.89. The number of carbonyl (C=O) groups excluding carboxylic acids is 1. The number of amides is 1. The maximum atomic E-state index is 12.4. The van der Waals surface area contributed by atoms with E-state index in [0.717, 1.165) is 42.5 Å². The number of hydrogen-bond donors (Lipinski definition) is 3. The zero-order valence-corrected chi connectivity index (χ0v) is 26.8. The number of anilines is 3. The summed E-state index contributed by atoms with van der Waals surface area (Å²) in [6.07, 6.45) is 6.02. The highest BCUT2D eigenvalue weighted by molar-refractivity contribution is 6.74. The summed E-state index contributed by atoms with van der Waals surface area (Å²) in [5.74, 6) is 0.848. The summed E-state index contributed by atoms with van der Waals surface area (Å²) in [6, 6.07) is 10.2. The molecule has 222 valence electrons. The molecular weight excluding hydrogens is 544 g/mol. The summed E-state index contributed by atoms with van der Waals surface area (Å²) in [5, 5.41) is 24.2. The molecule has 2 aliphatic rings. The summed E-state index contributed by atoms with van der Waals surface area (Å²) in [7, 11) is -0.361. The van der Waals surface area contributed by atoms with Crippen molar-refractivity contribution >= 4 is 31.7 Å². The number of fused-ring (bicyclic) bond motifs is 1. The minimum atomic E-state index is -1.96. The Bertz CT molecular complexity index is 1530. The second kappa shape index (κ2) is 11.2. The molecule has 1 aliphatic heterocycles. The quantitative estimate of drug-likeness (QED) is 0.269. The molecule has 42 heavy (non-hydrogen) atoms. The highest BCUT2D eigenvalue weighted by Gasteiger charge is 2.42. The lowest BCUT2D eigenvalue weighted by Gasteiger charge is -2.39. The lowest BCUT2D eigenvalue weighted by molar-refractivity contribution is 0.0957. The first-order valence-electron chi connectivity index (χ1n) is 14.7. The van der Waals surface area contributed by atoms with Crippen LogP contribution in [-0.2, 0) is 9.84 Å². The van der Waals surface area contributed by atoms with Gasteiger partial charge in [-0.3, -0.25) is 4.79 Å². The molecule has 1 saturated carbocycles. The summed E-state index contributed by atoms with van der Waals surface area (Å²) in [5.41, 5.74) is 4.13. The van der Waals surface area contributed by atoms with E-state index in [1.54, 1.807) is 19.3 Å². The molecule has 1 aromatic carbocycles. The average molecular weight is 587 g/mol. The van der Waals surface area contributed by atoms with Crippen molar-refractivity contribution in [1.29, 1.82) is 5.26 Å². The predicted molar refractivity (Wildman–Crippen MR) is 168 cm³/mol. The number of nitrogens with zero attached hydrogens (tertiary/aromatic N) is 5. The van der Waals surface area contributed by atoms with Gasteiger partial charge in [0.25, 0.3) is 5.91 Å². The monoisotopic (exact) mass is 586 g/mol. The smallest absolute Gasteiger partial charge is 0.271 e. The Balaban J connectivity index is 1.46. The first-order chi connectivity index (χ1) is 19.8. The molecule has 1 atom stereocenters. The molecule has 11 heteroatoms. The molecule has 1 aliphatic carbocycles. The number of nitrogens with one attached hydrogen (secondary N) is 3. The molecule has 3 N–H and O–H groups in total. The van der Waals surface area contributed by atoms with Crippen LogP contribution in [0, 0.1) is 11.3 Å². The largest absolute Gasteiger partial charge is 0.416 e. The number of hydrogen-bond acceptors (Lipinski definition) is 8. The van der Waals surface area contributed by atoms with E-state index in [2.05, 4.69) is 79.0 Å².